The molecule has 0 spiro atoms. The van der Waals surface area contributed by atoms with Gasteiger partial charge in [0.25, 0.3) is 0 Å². The molecule has 0 saturated heterocycles. The van der Waals surface area contributed by atoms with Crippen molar-refractivity contribution in [3.63, 3.8) is 0 Å². The van der Waals surface area contributed by atoms with Crippen LogP contribution >= 0.6 is 0 Å². The summed E-state index contributed by atoms with van der Waals surface area (Å²) >= 11 is 0. The molecule has 2 rings (SSSR count). The van der Waals surface area contributed by atoms with Crippen LogP contribution in [0, 0.1) is 24.2 Å². The van der Waals surface area contributed by atoms with Gasteiger partial charge in [-0.2, -0.15) is 0 Å². The first-order valence-electron chi connectivity index (χ1n) is 8.07. The van der Waals surface area contributed by atoms with Gasteiger partial charge in [0, 0.05) is 6.04 Å². The summed E-state index contributed by atoms with van der Waals surface area (Å²) in [6.45, 7) is 2.19. The first-order chi connectivity index (χ1) is 8.85. The molecule has 0 heterocycles. The van der Waals surface area contributed by atoms with Crippen LogP contribution in [0.25, 0.3) is 0 Å². The molecular formula is C17H29N. The molecule has 1 nitrogen and oxygen atoms in total. The Balaban J connectivity index is 1.94. The molecule has 3 unspecified atom stereocenters. The fourth-order valence-corrected chi connectivity index (χ4v) is 4.04. The third-order valence-corrected chi connectivity index (χ3v) is 5.10. The number of hydrogen-bond donors (Lipinski definition) is 1. The normalized spacial score (nSPS) is 31.8. The van der Waals surface area contributed by atoms with Crippen LogP contribution in [-0.4, -0.2) is 12.1 Å². The second-order valence-corrected chi connectivity index (χ2v) is 6.25. The topological polar surface area (TPSA) is 12.0 Å². The lowest BCUT2D eigenvalue weighted by Crippen LogP contribution is -2.46. The maximum atomic E-state index is 5.61. The van der Waals surface area contributed by atoms with Crippen molar-refractivity contribution in [1.82, 2.24) is 5.32 Å². The highest BCUT2D eigenvalue weighted by Crippen LogP contribution is 2.38. The second kappa shape index (κ2) is 7.19. The maximum Gasteiger partial charge on any atom is 0.0686 e. The first kappa shape index (κ1) is 13.9. The lowest BCUT2D eigenvalue weighted by Gasteiger charge is -2.40. The SMILES string of the molecule is C#CC(CC)NC1CCCCC1C1CCCCC1. The number of hydrogen-bond acceptors (Lipinski definition) is 1. The van der Waals surface area contributed by atoms with Gasteiger partial charge in [-0.3, -0.25) is 0 Å². The van der Waals surface area contributed by atoms with Gasteiger partial charge in [-0.1, -0.05) is 57.8 Å². The molecule has 0 aromatic rings. The van der Waals surface area contributed by atoms with Gasteiger partial charge in [-0.25, -0.2) is 0 Å². The molecule has 0 bridgehead atoms. The third-order valence-electron chi connectivity index (χ3n) is 5.10. The Morgan fingerprint density at radius 3 is 2.39 bits per heavy atom. The minimum atomic E-state index is 0.291. The quantitative estimate of drug-likeness (QED) is 0.737. The van der Waals surface area contributed by atoms with E-state index in [2.05, 4.69) is 18.2 Å². The predicted molar refractivity (Wildman–Crippen MR) is 78.4 cm³/mol. The summed E-state index contributed by atoms with van der Waals surface area (Å²) in [6, 6.07) is 0.988. The van der Waals surface area contributed by atoms with Crippen molar-refractivity contribution in [3.05, 3.63) is 0 Å². The van der Waals surface area contributed by atoms with Crippen LogP contribution in [0.15, 0.2) is 0 Å². The van der Waals surface area contributed by atoms with Crippen LogP contribution in [0.4, 0.5) is 0 Å². The van der Waals surface area contributed by atoms with E-state index in [9.17, 15) is 0 Å². The molecule has 0 aliphatic heterocycles. The summed E-state index contributed by atoms with van der Waals surface area (Å²) in [4.78, 5) is 0. The van der Waals surface area contributed by atoms with Crippen molar-refractivity contribution >= 4 is 0 Å². The standard InChI is InChI=1S/C17H29N/c1-3-15(4-2)18-17-13-9-8-12-16(17)14-10-6-5-7-11-14/h1,14-18H,4-13H2,2H3. The summed E-state index contributed by atoms with van der Waals surface area (Å²) in [5, 5.41) is 3.77. The fourth-order valence-electron chi connectivity index (χ4n) is 4.04. The molecule has 2 aliphatic carbocycles. The van der Waals surface area contributed by atoms with Gasteiger partial charge in [0.1, 0.15) is 0 Å². The van der Waals surface area contributed by atoms with Gasteiger partial charge >= 0.3 is 0 Å². The molecule has 1 N–H and O–H groups in total. The average molecular weight is 247 g/mol. The molecular weight excluding hydrogens is 218 g/mol. The Hall–Kier alpha value is -0.480. The summed E-state index contributed by atoms with van der Waals surface area (Å²) in [5.41, 5.74) is 0. The molecule has 2 aliphatic rings. The van der Waals surface area contributed by atoms with E-state index in [1.54, 1.807) is 0 Å². The summed E-state index contributed by atoms with van der Waals surface area (Å²) in [5.74, 6) is 4.79. The largest absolute Gasteiger partial charge is 0.301 e. The zero-order valence-corrected chi connectivity index (χ0v) is 12.0. The minimum absolute atomic E-state index is 0.291. The monoisotopic (exact) mass is 247 g/mol. The zero-order chi connectivity index (χ0) is 12.8. The molecule has 2 saturated carbocycles. The van der Waals surface area contributed by atoms with Gasteiger partial charge in [0.15, 0.2) is 0 Å². The van der Waals surface area contributed by atoms with Crippen molar-refractivity contribution < 1.29 is 0 Å². The van der Waals surface area contributed by atoms with Crippen molar-refractivity contribution in [2.24, 2.45) is 11.8 Å². The van der Waals surface area contributed by atoms with Gasteiger partial charge in [-0.15, -0.1) is 6.42 Å². The fraction of sp³-hybridized carbons (Fsp3) is 0.882. The van der Waals surface area contributed by atoms with Crippen LogP contribution in [0.3, 0.4) is 0 Å². The highest BCUT2D eigenvalue weighted by molar-refractivity contribution is 5.01. The zero-order valence-electron chi connectivity index (χ0n) is 12.0. The number of rotatable bonds is 4. The average Bonchev–Trinajstić information content (AvgIpc) is 2.46. The summed E-state index contributed by atoms with van der Waals surface area (Å²) in [6.07, 6.45) is 19.6. The lowest BCUT2D eigenvalue weighted by molar-refractivity contribution is 0.146. The summed E-state index contributed by atoms with van der Waals surface area (Å²) < 4.78 is 0. The smallest absolute Gasteiger partial charge is 0.0686 e. The number of terminal acetylenes is 1. The van der Waals surface area contributed by atoms with Crippen molar-refractivity contribution in [1.29, 1.82) is 0 Å². The Labute approximate surface area is 113 Å². The minimum Gasteiger partial charge on any atom is -0.301 e. The van der Waals surface area contributed by atoms with Crippen LogP contribution in [0.5, 0.6) is 0 Å². The van der Waals surface area contributed by atoms with E-state index in [1.165, 1.54) is 57.8 Å². The third kappa shape index (κ3) is 3.51. The predicted octanol–water partition coefficient (Wildman–Crippen LogP) is 4.13. The lowest BCUT2D eigenvalue weighted by atomic mass is 9.71. The molecule has 18 heavy (non-hydrogen) atoms. The highest BCUT2D eigenvalue weighted by atomic mass is 15.0. The Morgan fingerprint density at radius 2 is 1.72 bits per heavy atom. The first-order valence-corrected chi connectivity index (χ1v) is 8.07. The van der Waals surface area contributed by atoms with Crippen LogP contribution in [-0.2, 0) is 0 Å². The molecule has 0 radical (unpaired) electrons. The van der Waals surface area contributed by atoms with E-state index in [0.29, 0.717) is 12.1 Å². The molecule has 0 amide bonds. The van der Waals surface area contributed by atoms with E-state index in [-0.39, 0.29) is 0 Å². The van der Waals surface area contributed by atoms with Crippen molar-refractivity contribution in [2.75, 3.05) is 0 Å². The Kier molecular flexibility index (Phi) is 5.57. The molecule has 1 heteroatoms. The van der Waals surface area contributed by atoms with E-state index in [1.807, 2.05) is 0 Å². The van der Waals surface area contributed by atoms with Crippen LogP contribution in [0.1, 0.15) is 71.1 Å². The van der Waals surface area contributed by atoms with Crippen molar-refractivity contribution in [2.45, 2.75) is 83.2 Å². The Bertz CT molecular complexity index is 272. The van der Waals surface area contributed by atoms with E-state index < -0.39 is 0 Å². The number of nitrogens with one attached hydrogen (secondary N) is 1. The maximum absolute atomic E-state index is 5.61. The van der Waals surface area contributed by atoms with E-state index in [4.69, 9.17) is 6.42 Å². The van der Waals surface area contributed by atoms with E-state index in [0.717, 1.165) is 18.3 Å². The molecule has 0 aromatic carbocycles. The van der Waals surface area contributed by atoms with Gasteiger partial charge in [0.05, 0.1) is 6.04 Å². The van der Waals surface area contributed by atoms with Crippen LogP contribution < -0.4 is 5.32 Å². The van der Waals surface area contributed by atoms with E-state index >= 15 is 0 Å². The highest BCUT2D eigenvalue weighted by Gasteiger charge is 2.32. The van der Waals surface area contributed by atoms with Gasteiger partial charge in [-0.05, 0) is 31.1 Å². The Morgan fingerprint density at radius 1 is 1.06 bits per heavy atom. The summed E-state index contributed by atoms with van der Waals surface area (Å²) in [7, 11) is 0. The molecule has 3 atom stereocenters. The van der Waals surface area contributed by atoms with Crippen LogP contribution in [0.2, 0.25) is 0 Å². The molecule has 0 aromatic heterocycles. The van der Waals surface area contributed by atoms with Crippen molar-refractivity contribution in [3.8, 4) is 12.3 Å². The molecule has 2 fully saturated rings. The van der Waals surface area contributed by atoms with Gasteiger partial charge in [0.2, 0.25) is 0 Å². The molecule has 102 valence electrons. The van der Waals surface area contributed by atoms with Gasteiger partial charge < -0.3 is 5.32 Å². The second-order valence-electron chi connectivity index (χ2n) is 6.25.